The van der Waals surface area contributed by atoms with Gasteiger partial charge in [-0.25, -0.2) is 14.6 Å². The summed E-state index contributed by atoms with van der Waals surface area (Å²) in [5, 5.41) is 31.3. The highest BCUT2D eigenvalue weighted by Crippen LogP contribution is 2.27. The Morgan fingerprint density at radius 3 is 2.59 bits per heavy atom. The van der Waals surface area contributed by atoms with Crippen LogP contribution in [0.3, 0.4) is 0 Å². The third kappa shape index (κ3) is 6.14. The van der Waals surface area contributed by atoms with E-state index in [-0.39, 0.29) is 12.1 Å². The second-order valence-corrected chi connectivity index (χ2v) is 9.16. The van der Waals surface area contributed by atoms with Crippen molar-refractivity contribution in [3.05, 3.63) is 71.7 Å². The third-order valence-electron chi connectivity index (χ3n) is 6.33. The van der Waals surface area contributed by atoms with E-state index in [0.29, 0.717) is 41.7 Å². The van der Waals surface area contributed by atoms with E-state index in [1.54, 1.807) is 17.9 Å². The molecule has 1 saturated carbocycles. The summed E-state index contributed by atoms with van der Waals surface area (Å²) in [6.45, 7) is 0.908. The molecule has 0 amide bonds. The smallest absolute Gasteiger partial charge is 0.224 e. The molecule has 188 valence electrons. The Morgan fingerprint density at radius 2 is 1.78 bits per heavy atom. The van der Waals surface area contributed by atoms with E-state index >= 15 is 0 Å². The zero-order valence-corrected chi connectivity index (χ0v) is 20.6. The fraction of sp³-hybridized carbons (Fsp3) is 0.333. The van der Waals surface area contributed by atoms with Crippen molar-refractivity contribution < 1.29 is 9.84 Å². The molecule has 0 aliphatic heterocycles. The van der Waals surface area contributed by atoms with Crippen molar-refractivity contribution in [3.8, 4) is 28.7 Å². The van der Waals surface area contributed by atoms with Crippen LogP contribution < -0.4 is 5.32 Å². The number of hydrogen-bond donors (Lipinski definition) is 2. The Bertz CT molecular complexity index is 1410. The minimum atomic E-state index is -0.241. The van der Waals surface area contributed by atoms with Crippen LogP contribution in [0.2, 0.25) is 0 Å². The minimum Gasteiger partial charge on any atom is -0.393 e. The average molecular weight is 497 g/mol. The number of aliphatic hydroxyl groups is 1. The summed E-state index contributed by atoms with van der Waals surface area (Å²) in [4.78, 5) is 14.1. The normalized spacial score (nSPS) is 17.3. The first-order valence-corrected chi connectivity index (χ1v) is 12.3. The van der Waals surface area contributed by atoms with Crippen LogP contribution in [-0.4, -0.2) is 54.3 Å². The van der Waals surface area contributed by atoms with E-state index in [9.17, 15) is 10.4 Å². The molecular weight excluding hydrogens is 468 g/mol. The molecule has 0 atom stereocenters. The monoisotopic (exact) mass is 496 g/mol. The van der Waals surface area contributed by atoms with E-state index in [1.165, 1.54) is 0 Å². The maximum absolute atomic E-state index is 9.86. The summed E-state index contributed by atoms with van der Waals surface area (Å²) < 4.78 is 6.90. The molecule has 1 aromatic carbocycles. The van der Waals surface area contributed by atoms with E-state index < -0.39 is 0 Å². The molecule has 0 spiro atoms. The van der Waals surface area contributed by atoms with Crippen LogP contribution in [0.1, 0.15) is 42.6 Å². The van der Waals surface area contributed by atoms with Crippen molar-refractivity contribution >= 4 is 5.95 Å². The van der Waals surface area contributed by atoms with Gasteiger partial charge in [0.05, 0.1) is 59.9 Å². The van der Waals surface area contributed by atoms with Gasteiger partial charge in [0.1, 0.15) is 5.69 Å². The van der Waals surface area contributed by atoms with Crippen molar-refractivity contribution in [2.24, 2.45) is 0 Å². The van der Waals surface area contributed by atoms with Gasteiger partial charge in [-0.15, -0.1) is 5.10 Å². The van der Waals surface area contributed by atoms with Gasteiger partial charge < -0.3 is 15.2 Å². The van der Waals surface area contributed by atoms with E-state index in [0.717, 1.165) is 42.6 Å². The van der Waals surface area contributed by atoms with Crippen molar-refractivity contribution in [2.45, 2.75) is 51.0 Å². The predicted molar refractivity (Wildman–Crippen MR) is 137 cm³/mol. The molecule has 3 heterocycles. The second kappa shape index (κ2) is 11.2. The Kier molecular flexibility index (Phi) is 7.44. The van der Waals surface area contributed by atoms with Crippen molar-refractivity contribution in [1.29, 1.82) is 5.26 Å². The van der Waals surface area contributed by atoms with Gasteiger partial charge in [-0.2, -0.15) is 5.26 Å². The maximum Gasteiger partial charge on any atom is 0.224 e. The molecule has 37 heavy (non-hydrogen) atoms. The lowest BCUT2D eigenvalue weighted by Crippen LogP contribution is -2.29. The number of ether oxygens (including phenoxy) is 1. The Hall–Kier alpha value is -4.20. The van der Waals surface area contributed by atoms with E-state index in [1.807, 2.05) is 48.7 Å². The number of aromatic nitrogens is 6. The van der Waals surface area contributed by atoms with E-state index in [4.69, 9.17) is 14.7 Å². The standard InChI is InChI=1S/C27H28N8O2/c1-37-17-22-7-3-6-21(29-22)15-35-16-26(33-34-35)25-13-24(19-5-2-4-18(12-19)14-28)31-27(32-25)30-20-8-10-23(36)11-9-20/h2-7,12-13,16,20,23,36H,8-11,15,17H2,1H3,(H,30,31,32). The molecule has 10 heteroatoms. The predicted octanol–water partition coefficient (Wildman–Crippen LogP) is 3.58. The van der Waals surface area contributed by atoms with Crippen LogP contribution in [-0.2, 0) is 17.9 Å². The zero-order chi connectivity index (χ0) is 25.6. The molecule has 1 aliphatic carbocycles. The number of anilines is 1. The van der Waals surface area contributed by atoms with Crippen molar-refractivity contribution in [1.82, 2.24) is 29.9 Å². The average Bonchev–Trinajstić information content (AvgIpc) is 3.39. The zero-order valence-electron chi connectivity index (χ0n) is 20.6. The molecule has 10 nitrogen and oxygen atoms in total. The van der Waals surface area contributed by atoms with Crippen LogP contribution in [0.15, 0.2) is 54.7 Å². The number of aliphatic hydroxyl groups excluding tert-OH is 1. The highest BCUT2D eigenvalue weighted by Gasteiger charge is 2.21. The number of rotatable bonds is 8. The Balaban J connectivity index is 1.44. The molecular formula is C27H28N8O2. The molecule has 3 aromatic heterocycles. The first kappa shape index (κ1) is 24.5. The van der Waals surface area contributed by atoms with Crippen molar-refractivity contribution in [3.63, 3.8) is 0 Å². The number of pyridine rings is 1. The highest BCUT2D eigenvalue weighted by atomic mass is 16.5. The lowest BCUT2D eigenvalue weighted by atomic mass is 9.93. The number of hydrogen-bond acceptors (Lipinski definition) is 9. The molecule has 4 aromatic rings. The van der Waals surface area contributed by atoms with Crippen LogP contribution in [0.25, 0.3) is 22.6 Å². The molecule has 5 rings (SSSR count). The summed E-state index contributed by atoms with van der Waals surface area (Å²) >= 11 is 0. The molecule has 0 unspecified atom stereocenters. The van der Waals surface area contributed by atoms with Crippen LogP contribution in [0.5, 0.6) is 0 Å². The summed E-state index contributed by atoms with van der Waals surface area (Å²) in [5.74, 6) is 0.486. The summed E-state index contributed by atoms with van der Waals surface area (Å²) in [6, 6.07) is 17.4. The first-order valence-electron chi connectivity index (χ1n) is 12.3. The first-order chi connectivity index (χ1) is 18.1. The molecule has 0 saturated heterocycles. The fourth-order valence-corrected chi connectivity index (χ4v) is 4.45. The van der Waals surface area contributed by atoms with Crippen LogP contribution in [0, 0.1) is 11.3 Å². The summed E-state index contributed by atoms with van der Waals surface area (Å²) in [5.41, 5.74) is 4.99. The van der Waals surface area contributed by atoms with Crippen LogP contribution in [0.4, 0.5) is 5.95 Å². The number of nitriles is 1. The summed E-state index contributed by atoms with van der Waals surface area (Å²) in [7, 11) is 1.64. The Labute approximate surface area is 215 Å². The van der Waals surface area contributed by atoms with Gasteiger partial charge in [0.25, 0.3) is 0 Å². The van der Waals surface area contributed by atoms with Gasteiger partial charge in [-0.05, 0) is 56.0 Å². The topological polar surface area (TPSA) is 135 Å². The third-order valence-corrected chi connectivity index (χ3v) is 6.33. The second-order valence-electron chi connectivity index (χ2n) is 9.16. The van der Waals surface area contributed by atoms with Gasteiger partial charge in [0.2, 0.25) is 5.95 Å². The van der Waals surface area contributed by atoms with Gasteiger partial charge in [-0.3, -0.25) is 4.98 Å². The van der Waals surface area contributed by atoms with Gasteiger partial charge in [0.15, 0.2) is 0 Å². The molecule has 1 aliphatic rings. The molecule has 0 radical (unpaired) electrons. The lowest BCUT2D eigenvalue weighted by Gasteiger charge is -2.26. The van der Waals surface area contributed by atoms with E-state index in [2.05, 4.69) is 26.7 Å². The van der Waals surface area contributed by atoms with Gasteiger partial charge >= 0.3 is 0 Å². The maximum atomic E-state index is 9.86. The number of nitrogens with zero attached hydrogens (tertiary/aromatic N) is 7. The largest absolute Gasteiger partial charge is 0.393 e. The van der Waals surface area contributed by atoms with Crippen molar-refractivity contribution in [2.75, 3.05) is 12.4 Å². The number of methoxy groups -OCH3 is 1. The summed E-state index contributed by atoms with van der Waals surface area (Å²) in [6.07, 6.45) is 4.79. The Morgan fingerprint density at radius 1 is 1.00 bits per heavy atom. The SMILES string of the molecule is COCc1cccc(Cn2cc(-c3cc(-c4cccc(C#N)c4)nc(NC4CCC(O)CC4)n3)nn2)n1. The van der Waals surface area contributed by atoms with Crippen LogP contribution >= 0.6 is 0 Å². The molecule has 1 fully saturated rings. The number of nitrogens with one attached hydrogen (secondary N) is 1. The lowest BCUT2D eigenvalue weighted by molar-refractivity contribution is 0.126. The highest BCUT2D eigenvalue weighted by molar-refractivity contribution is 5.68. The fourth-order valence-electron chi connectivity index (χ4n) is 4.45. The molecule has 2 N–H and O–H groups in total. The number of benzene rings is 1. The van der Waals surface area contributed by atoms with Gasteiger partial charge in [-0.1, -0.05) is 23.4 Å². The minimum absolute atomic E-state index is 0.179. The quantitative estimate of drug-likeness (QED) is 0.375. The molecule has 0 bridgehead atoms. The van der Waals surface area contributed by atoms with Gasteiger partial charge in [0, 0.05) is 18.7 Å².